The van der Waals surface area contributed by atoms with Crippen molar-refractivity contribution < 1.29 is 4.74 Å². The van der Waals surface area contributed by atoms with Crippen LogP contribution in [-0.4, -0.2) is 44.2 Å². The molecule has 1 aromatic rings. The van der Waals surface area contributed by atoms with E-state index < -0.39 is 0 Å². The second kappa shape index (κ2) is 8.65. The number of nitrogens with zero attached hydrogens (tertiary/aromatic N) is 1. The Balaban J connectivity index is 1.74. The highest BCUT2D eigenvalue weighted by molar-refractivity contribution is 9.10. The Bertz CT molecular complexity index is 383. The van der Waals surface area contributed by atoms with Gasteiger partial charge in [0, 0.05) is 17.1 Å². The molecule has 112 valence electrons. The molecule has 1 unspecified atom stereocenters. The summed E-state index contributed by atoms with van der Waals surface area (Å²) in [7, 11) is 2.03. The van der Waals surface area contributed by atoms with Crippen LogP contribution < -0.4 is 10.1 Å². The number of halogens is 1. The molecule has 0 spiro atoms. The molecule has 1 heterocycles. The van der Waals surface area contributed by atoms with Crippen molar-refractivity contribution in [1.29, 1.82) is 0 Å². The third-order valence-electron chi connectivity index (χ3n) is 3.94. The molecule has 4 heteroatoms. The fourth-order valence-corrected chi connectivity index (χ4v) is 3.07. The van der Waals surface area contributed by atoms with Gasteiger partial charge in [0.2, 0.25) is 0 Å². The lowest BCUT2D eigenvalue weighted by molar-refractivity contribution is 0.117. The first-order valence-electron chi connectivity index (χ1n) is 7.56. The fourth-order valence-electron chi connectivity index (χ4n) is 2.80. The van der Waals surface area contributed by atoms with Gasteiger partial charge in [0.1, 0.15) is 12.4 Å². The van der Waals surface area contributed by atoms with Crippen molar-refractivity contribution in [3.8, 4) is 5.75 Å². The molecule has 1 fully saturated rings. The maximum absolute atomic E-state index is 5.84. The largest absolute Gasteiger partial charge is 0.492 e. The van der Waals surface area contributed by atoms with Crippen molar-refractivity contribution in [2.75, 3.05) is 33.3 Å². The third-order valence-corrected chi connectivity index (χ3v) is 4.47. The molecule has 0 saturated carbocycles. The SMILES string of the molecule is CNCCC1CCCCN1CCOc1ccc(Br)cc1. The fraction of sp³-hybridized carbons (Fsp3) is 0.625. The summed E-state index contributed by atoms with van der Waals surface area (Å²) in [5.74, 6) is 0.956. The second-order valence-corrected chi connectivity index (χ2v) is 6.30. The van der Waals surface area contributed by atoms with Gasteiger partial charge >= 0.3 is 0 Å². The lowest BCUT2D eigenvalue weighted by Gasteiger charge is -2.35. The van der Waals surface area contributed by atoms with Gasteiger partial charge in [-0.1, -0.05) is 22.4 Å². The summed E-state index contributed by atoms with van der Waals surface area (Å²) >= 11 is 3.44. The normalized spacial score (nSPS) is 20.0. The van der Waals surface area contributed by atoms with E-state index in [1.54, 1.807) is 0 Å². The molecular formula is C16H25BrN2O. The highest BCUT2D eigenvalue weighted by Crippen LogP contribution is 2.20. The number of benzene rings is 1. The summed E-state index contributed by atoms with van der Waals surface area (Å²) in [4.78, 5) is 2.60. The van der Waals surface area contributed by atoms with Gasteiger partial charge < -0.3 is 10.1 Å². The lowest BCUT2D eigenvalue weighted by atomic mass is 9.99. The van der Waals surface area contributed by atoms with Crippen LogP contribution in [0.3, 0.4) is 0 Å². The van der Waals surface area contributed by atoms with Gasteiger partial charge in [0.05, 0.1) is 0 Å². The lowest BCUT2D eigenvalue weighted by Crippen LogP contribution is -2.42. The molecule has 1 aromatic carbocycles. The quantitative estimate of drug-likeness (QED) is 0.824. The van der Waals surface area contributed by atoms with E-state index in [-0.39, 0.29) is 0 Å². The summed E-state index contributed by atoms with van der Waals surface area (Å²) in [5, 5.41) is 3.26. The van der Waals surface area contributed by atoms with Gasteiger partial charge in [0.15, 0.2) is 0 Å². The zero-order valence-electron chi connectivity index (χ0n) is 12.3. The molecule has 0 aliphatic carbocycles. The summed E-state index contributed by atoms with van der Waals surface area (Å²) in [6, 6.07) is 8.79. The summed E-state index contributed by atoms with van der Waals surface area (Å²) in [5.41, 5.74) is 0. The van der Waals surface area contributed by atoms with E-state index in [0.29, 0.717) is 0 Å². The molecule has 1 aliphatic heterocycles. The number of likely N-dealkylation sites (tertiary alicyclic amines) is 1. The molecule has 2 rings (SSSR count). The van der Waals surface area contributed by atoms with Crippen LogP contribution in [0.25, 0.3) is 0 Å². The first kappa shape index (κ1) is 15.8. The van der Waals surface area contributed by atoms with Crippen molar-refractivity contribution >= 4 is 15.9 Å². The van der Waals surface area contributed by atoms with E-state index in [1.165, 1.54) is 32.2 Å². The summed E-state index contributed by atoms with van der Waals surface area (Å²) < 4.78 is 6.93. The van der Waals surface area contributed by atoms with Crippen LogP contribution in [0.15, 0.2) is 28.7 Å². The van der Waals surface area contributed by atoms with Crippen LogP contribution in [0.5, 0.6) is 5.75 Å². The third kappa shape index (κ3) is 5.08. The van der Waals surface area contributed by atoms with Crippen LogP contribution in [0.2, 0.25) is 0 Å². The maximum Gasteiger partial charge on any atom is 0.119 e. The van der Waals surface area contributed by atoms with Crippen LogP contribution >= 0.6 is 15.9 Å². The van der Waals surface area contributed by atoms with Gasteiger partial charge in [0.25, 0.3) is 0 Å². The molecule has 1 saturated heterocycles. The van der Waals surface area contributed by atoms with E-state index in [4.69, 9.17) is 4.74 Å². The molecule has 1 aliphatic rings. The first-order chi connectivity index (χ1) is 9.79. The molecule has 20 heavy (non-hydrogen) atoms. The standard InChI is InChI=1S/C16H25BrN2O/c1-18-10-9-15-4-2-3-11-19(15)12-13-20-16-7-5-14(17)6-8-16/h5-8,15,18H,2-4,9-13H2,1H3. The number of rotatable bonds is 7. The number of nitrogens with one attached hydrogen (secondary N) is 1. The predicted molar refractivity (Wildman–Crippen MR) is 87.4 cm³/mol. The monoisotopic (exact) mass is 340 g/mol. The zero-order chi connectivity index (χ0) is 14.2. The van der Waals surface area contributed by atoms with E-state index in [9.17, 15) is 0 Å². The highest BCUT2D eigenvalue weighted by atomic mass is 79.9. The van der Waals surface area contributed by atoms with Gasteiger partial charge in [-0.05, 0) is 63.7 Å². The average Bonchev–Trinajstić information content (AvgIpc) is 2.48. The van der Waals surface area contributed by atoms with Crippen molar-refractivity contribution in [1.82, 2.24) is 10.2 Å². The van der Waals surface area contributed by atoms with Gasteiger partial charge in [-0.25, -0.2) is 0 Å². The average molecular weight is 341 g/mol. The summed E-state index contributed by atoms with van der Waals surface area (Å²) in [6.07, 6.45) is 5.28. The minimum atomic E-state index is 0.727. The maximum atomic E-state index is 5.84. The van der Waals surface area contributed by atoms with E-state index in [0.717, 1.165) is 36.0 Å². The number of hydrogen-bond donors (Lipinski definition) is 1. The Morgan fingerprint density at radius 2 is 2.10 bits per heavy atom. The Hall–Kier alpha value is -0.580. The Morgan fingerprint density at radius 3 is 2.85 bits per heavy atom. The van der Waals surface area contributed by atoms with Crippen molar-refractivity contribution in [2.24, 2.45) is 0 Å². The van der Waals surface area contributed by atoms with Gasteiger partial charge in [-0.15, -0.1) is 0 Å². The van der Waals surface area contributed by atoms with Crippen LogP contribution in [0, 0.1) is 0 Å². The first-order valence-corrected chi connectivity index (χ1v) is 8.36. The van der Waals surface area contributed by atoms with Crippen LogP contribution in [-0.2, 0) is 0 Å². The van der Waals surface area contributed by atoms with Crippen molar-refractivity contribution in [3.63, 3.8) is 0 Å². The topological polar surface area (TPSA) is 24.5 Å². The second-order valence-electron chi connectivity index (χ2n) is 5.38. The Morgan fingerprint density at radius 1 is 1.30 bits per heavy atom. The Kier molecular flexibility index (Phi) is 6.83. The van der Waals surface area contributed by atoms with Gasteiger partial charge in [-0.3, -0.25) is 4.90 Å². The van der Waals surface area contributed by atoms with E-state index >= 15 is 0 Å². The van der Waals surface area contributed by atoms with Gasteiger partial charge in [-0.2, -0.15) is 0 Å². The summed E-state index contributed by atoms with van der Waals surface area (Å²) in [6.45, 7) is 4.13. The number of ether oxygens (including phenoxy) is 1. The molecule has 1 atom stereocenters. The highest BCUT2D eigenvalue weighted by Gasteiger charge is 2.21. The molecule has 3 nitrogen and oxygen atoms in total. The Labute approximate surface area is 130 Å². The minimum Gasteiger partial charge on any atom is -0.492 e. The minimum absolute atomic E-state index is 0.727. The molecule has 0 radical (unpaired) electrons. The number of hydrogen-bond acceptors (Lipinski definition) is 3. The smallest absolute Gasteiger partial charge is 0.119 e. The molecule has 0 bridgehead atoms. The van der Waals surface area contributed by atoms with Crippen LogP contribution in [0.1, 0.15) is 25.7 Å². The molecule has 0 aromatic heterocycles. The van der Waals surface area contributed by atoms with Crippen molar-refractivity contribution in [3.05, 3.63) is 28.7 Å². The number of piperidine rings is 1. The molecule has 1 N–H and O–H groups in total. The molecule has 0 amide bonds. The zero-order valence-corrected chi connectivity index (χ0v) is 13.9. The van der Waals surface area contributed by atoms with E-state index in [1.807, 2.05) is 31.3 Å². The van der Waals surface area contributed by atoms with Crippen molar-refractivity contribution in [2.45, 2.75) is 31.7 Å². The predicted octanol–water partition coefficient (Wildman–Crippen LogP) is 3.29. The van der Waals surface area contributed by atoms with Crippen LogP contribution in [0.4, 0.5) is 0 Å². The van der Waals surface area contributed by atoms with E-state index in [2.05, 4.69) is 26.1 Å². The molecular weight excluding hydrogens is 316 g/mol.